The number of aryl methyl sites for hydroxylation is 1. The molecule has 1 fully saturated rings. The highest BCUT2D eigenvalue weighted by molar-refractivity contribution is 5.85. The molecule has 2 aliphatic rings. The van der Waals surface area contributed by atoms with E-state index in [1.54, 1.807) is 0 Å². The Kier molecular flexibility index (Phi) is 7.35. The summed E-state index contributed by atoms with van der Waals surface area (Å²) in [5.41, 5.74) is 6.57. The van der Waals surface area contributed by atoms with Crippen LogP contribution in [0.15, 0.2) is 60.2 Å². The SMILES string of the molecule is CC1=C(CN2CC(C(=O)O)C2)CCc2cc(OCC=Cc3ccccc3)ccc21.Cl. The van der Waals surface area contributed by atoms with Gasteiger partial charge in [-0.05, 0) is 60.2 Å². The molecule has 1 aliphatic heterocycles. The van der Waals surface area contributed by atoms with Crippen LogP contribution in [0.5, 0.6) is 5.75 Å². The molecule has 2 aromatic carbocycles. The molecule has 1 aliphatic carbocycles. The number of ether oxygens (including phenoxy) is 1. The number of nitrogens with zero attached hydrogens (tertiary/aromatic N) is 1. The van der Waals surface area contributed by atoms with Crippen LogP contribution in [0.2, 0.25) is 0 Å². The quantitative estimate of drug-likeness (QED) is 0.682. The minimum Gasteiger partial charge on any atom is -0.490 e. The van der Waals surface area contributed by atoms with Crippen LogP contribution in [-0.4, -0.2) is 42.2 Å². The average molecular weight is 426 g/mol. The predicted octanol–water partition coefficient (Wildman–Crippen LogP) is 4.94. The monoisotopic (exact) mass is 425 g/mol. The van der Waals surface area contributed by atoms with Crippen LogP contribution in [0.1, 0.15) is 30.0 Å². The third-order valence-corrected chi connectivity index (χ3v) is 5.88. The van der Waals surface area contributed by atoms with Gasteiger partial charge in [-0.15, -0.1) is 12.4 Å². The molecule has 0 aromatic heterocycles. The summed E-state index contributed by atoms with van der Waals surface area (Å²) in [6.07, 6.45) is 6.15. The fourth-order valence-corrected chi connectivity index (χ4v) is 4.11. The van der Waals surface area contributed by atoms with E-state index >= 15 is 0 Å². The number of likely N-dealkylation sites (tertiary alicyclic amines) is 1. The molecular weight excluding hydrogens is 398 g/mol. The highest BCUT2D eigenvalue weighted by atomic mass is 35.5. The molecule has 1 saturated heterocycles. The van der Waals surface area contributed by atoms with Crippen LogP contribution in [0.25, 0.3) is 11.6 Å². The number of hydrogen-bond acceptors (Lipinski definition) is 3. The molecule has 0 atom stereocenters. The molecule has 5 heteroatoms. The van der Waals surface area contributed by atoms with Gasteiger partial charge in [-0.25, -0.2) is 0 Å². The molecule has 0 unspecified atom stereocenters. The van der Waals surface area contributed by atoms with Crippen LogP contribution >= 0.6 is 12.4 Å². The van der Waals surface area contributed by atoms with Crippen molar-refractivity contribution in [3.8, 4) is 5.75 Å². The number of aliphatic carboxylic acids is 1. The van der Waals surface area contributed by atoms with E-state index in [1.807, 2.05) is 30.3 Å². The molecular formula is C25H28ClNO3. The molecule has 30 heavy (non-hydrogen) atoms. The van der Waals surface area contributed by atoms with Crippen LogP contribution in [0, 0.1) is 5.92 Å². The molecule has 158 valence electrons. The lowest BCUT2D eigenvalue weighted by Crippen LogP contribution is -2.50. The van der Waals surface area contributed by atoms with Crippen molar-refractivity contribution in [1.29, 1.82) is 0 Å². The second kappa shape index (κ2) is 9.96. The maximum Gasteiger partial charge on any atom is 0.309 e. The van der Waals surface area contributed by atoms with Crippen LogP contribution < -0.4 is 4.74 Å². The Morgan fingerprint density at radius 2 is 1.93 bits per heavy atom. The molecule has 4 rings (SSSR count). The zero-order chi connectivity index (χ0) is 20.2. The Balaban J connectivity index is 0.00000256. The number of carboxylic acid groups (broad SMARTS) is 1. The van der Waals surface area contributed by atoms with Gasteiger partial charge in [0.15, 0.2) is 0 Å². The maximum absolute atomic E-state index is 11.0. The fourth-order valence-electron chi connectivity index (χ4n) is 4.11. The van der Waals surface area contributed by atoms with E-state index in [1.165, 1.54) is 27.8 Å². The molecule has 4 nitrogen and oxygen atoms in total. The van der Waals surface area contributed by atoms with Crippen molar-refractivity contribution >= 4 is 30.0 Å². The number of carboxylic acids is 1. The highest BCUT2D eigenvalue weighted by Crippen LogP contribution is 2.34. The summed E-state index contributed by atoms with van der Waals surface area (Å²) >= 11 is 0. The van der Waals surface area contributed by atoms with Crippen molar-refractivity contribution < 1.29 is 14.6 Å². The summed E-state index contributed by atoms with van der Waals surface area (Å²) in [5.74, 6) is 0.0410. The van der Waals surface area contributed by atoms with Crippen molar-refractivity contribution in [3.05, 3.63) is 76.9 Å². The molecule has 1 N–H and O–H groups in total. The standard InChI is InChI=1S/C25H27NO3.ClH/c1-18-21(15-26-16-22(17-26)25(27)28)10-9-20-14-23(11-12-24(18)20)29-13-5-8-19-6-3-2-4-7-19;/h2-8,11-12,14,22H,9-10,13,15-17H2,1H3,(H,27,28);1H. The summed E-state index contributed by atoms with van der Waals surface area (Å²) in [6.45, 7) is 4.96. The minimum atomic E-state index is -0.674. The van der Waals surface area contributed by atoms with Gasteiger partial charge < -0.3 is 9.84 Å². The minimum absolute atomic E-state index is 0. The summed E-state index contributed by atoms with van der Waals surface area (Å²) < 4.78 is 5.91. The summed E-state index contributed by atoms with van der Waals surface area (Å²) in [4.78, 5) is 13.2. The summed E-state index contributed by atoms with van der Waals surface area (Å²) in [7, 11) is 0. The van der Waals surface area contributed by atoms with Crippen LogP contribution in [0.4, 0.5) is 0 Å². The Morgan fingerprint density at radius 3 is 2.67 bits per heavy atom. The number of fused-ring (bicyclic) bond motifs is 1. The van der Waals surface area contributed by atoms with Gasteiger partial charge in [0, 0.05) is 19.6 Å². The number of halogens is 1. The van der Waals surface area contributed by atoms with Crippen molar-refractivity contribution in [1.82, 2.24) is 4.90 Å². The van der Waals surface area contributed by atoms with E-state index < -0.39 is 5.97 Å². The smallest absolute Gasteiger partial charge is 0.309 e. The van der Waals surface area contributed by atoms with Gasteiger partial charge >= 0.3 is 5.97 Å². The molecule has 0 spiro atoms. The van der Waals surface area contributed by atoms with Crippen LogP contribution in [0.3, 0.4) is 0 Å². The third kappa shape index (κ3) is 5.13. The van der Waals surface area contributed by atoms with E-state index in [0.717, 1.165) is 25.1 Å². The first-order chi connectivity index (χ1) is 14.1. The molecule has 0 saturated carbocycles. The van der Waals surface area contributed by atoms with E-state index in [-0.39, 0.29) is 18.3 Å². The number of hydrogen-bond donors (Lipinski definition) is 1. The lowest BCUT2D eigenvalue weighted by atomic mass is 9.85. The van der Waals surface area contributed by atoms with Gasteiger partial charge in [-0.1, -0.05) is 48.0 Å². The lowest BCUT2D eigenvalue weighted by Gasteiger charge is -2.38. The molecule has 2 aromatic rings. The van der Waals surface area contributed by atoms with E-state index in [0.29, 0.717) is 19.7 Å². The normalized spacial score (nSPS) is 16.7. The van der Waals surface area contributed by atoms with E-state index in [9.17, 15) is 4.79 Å². The molecule has 0 radical (unpaired) electrons. The van der Waals surface area contributed by atoms with Crippen molar-refractivity contribution in [2.45, 2.75) is 19.8 Å². The number of allylic oxidation sites excluding steroid dienone is 1. The molecule has 0 amide bonds. The van der Waals surface area contributed by atoms with Gasteiger partial charge in [0.2, 0.25) is 0 Å². The highest BCUT2D eigenvalue weighted by Gasteiger charge is 2.33. The van der Waals surface area contributed by atoms with E-state index in [2.05, 4.69) is 42.2 Å². The average Bonchev–Trinajstić information content (AvgIpc) is 2.69. The first-order valence-corrected chi connectivity index (χ1v) is 10.2. The Hall–Kier alpha value is -2.56. The Bertz CT molecular complexity index is 946. The van der Waals surface area contributed by atoms with Crippen molar-refractivity contribution in [2.75, 3.05) is 26.2 Å². The zero-order valence-electron chi connectivity index (χ0n) is 17.2. The van der Waals surface area contributed by atoms with Crippen molar-refractivity contribution in [3.63, 3.8) is 0 Å². The summed E-state index contributed by atoms with van der Waals surface area (Å²) in [6, 6.07) is 16.6. The molecule has 0 bridgehead atoms. The maximum atomic E-state index is 11.0. The summed E-state index contributed by atoms with van der Waals surface area (Å²) in [5, 5.41) is 9.05. The van der Waals surface area contributed by atoms with Crippen molar-refractivity contribution in [2.24, 2.45) is 5.92 Å². The van der Waals surface area contributed by atoms with Gasteiger partial charge in [-0.2, -0.15) is 0 Å². The number of rotatable bonds is 7. The third-order valence-electron chi connectivity index (χ3n) is 5.88. The molecule has 1 heterocycles. The largest absolute Gasteiger partial charge is 0.490 e. The fraction of sp³-hybridized carbons (Fsp3) is 0.320. The topological polar surface area (TPSA) is 49.8 Å². The first kappa shape index (κ1) is 22.1. The second-order valence-corrected chi connectivity index (χ2v) is 7.90. The number of benzene rings is 2. The van der Waals surface area contributed by atoms with E-state index in [4.69, 9.17) is 9.84 Å². The predicted molar refractivity (Wildman–Crippen MR) is 123 cm³/mol. The van der Waals surface area contributed by atoms with Gasteiger partial charge in [0.25, 0.3) is 0 Å². The Morgan fingerprint density at radius 1 is 1.17 bits per heavy atom. The lowest BCUT2D eigenvalue weighted by molar-refractivity contribution is -0.147. The Labute approximate surface area is 184 Å². The second-order valence-electron chi connectivity index (χ2n) is 7.90. The van der Waals surface area contributed by atoms with Crippen LogP contribution in [-0.2, 0) is 11.2 Å². The van der Waals surface area contributed by atoms with Gasteiger partial charge in [-0.3, -0.25) is 9.69 Å². The number of carbonyl (C=O) groups is 1. The zero-order valence-corrected chi connectivity index (χ0v) is 18.0. The van der Waals surface area contributed by atoms with Gasteiger partial charge in [0.1, 0.15) is 12.4 Å². The first-order valence-electron chi connectivity index (χ1n) is 10.2. The van der Waals surface area contributed by atoms with Gasteiger partial charge in [0.05, 0.1) is 5.92 Å².